The smallest absolute Gasteiger partial charge is 0.125 e. The molecule has 0 atom stereocenters. The van der Waals surface area contributed by atoms with E-state index in [2.05, 4.69) is 37.0 Å². The molecule has 18 heavy (non-hydrogen) atoms. The zero-order valence-corrected chi connectivity index (χ0v) is 13.1. The van der Waals surface area contributed by atoms with Crippen molar-refractivity contribution >= 4 is 37.7 Å². The van der Waals surface area contributed by atoms with Crippen LogP contribution in [-0.4, -0.2) is 15.6 Å². The molecule has 4 nitrogen and oxygen atoms in total. The van der Waals surface area contributed by atoms with E-state index in [0.717, 1.165) is 26.0 Å². The number of nitrogens with zero attached hydrogens (tertiary/aromatic N) is 2. The van der Waals surface area contributed by atoms with E-state index < -0.39 is 0 Å². The minimum Gasteiger partial charge on any atom is -0.384 e. The second-order valence-electron chi connectivity index (χ2n) is 3.97. The van der Waals surface area contributed by atoms with Crippen LogP contribution >= 0.6 is 31.9 Å². The van der Waals surface area contributed by atoms with Crippen LogP contribution in [0.15, 0.2) is 27.1 Å². The van der Waals surface area contributed by atoms with Gasteiger partial charge in [-0.15, -0.1) is 0 Å². The number of rotatable bonds is 2. The van der Waals surface area contributed by atoms with Crippen LogP contribution in [-0.2, 0) is 0 Å². The Morgan fingerprint density at radius 2 is 2.00 bits per heavy atom. The summed E-state index contributed by atoms with van der Waals surface area (Å²) in [6.45, 7) is 3.90. The van der Waals surface area contributed by atoms with Gasteiger partial charge in [0.05, 0.1) is 21.5 Å². The van der Waals surface area contributed by atoms with Gasteiger partial charge in [0.1, 0.15) is 5.84 Å². The minimum atomic E-state index is 0.0231. The fourth-order valence-corrected chi connectivity index (χ4v) is 2.38. The van der Waals surface area contributed by atoms with Crippen molar-refractivity contribution in [1.29, 1.82) is 5.41 Å². The highest BCUT2D eigenvalue weighted by molar-refractivity contribution is 9.10. The third kappa shape index (κ3) is 2.22. The predicted molar refractivity (Wildman–Crippen MR) is 79.5 cm³/mol. The van der Waals surface area contributed by atoms with Gasteiger partial charge in [-0.25, -0.2) is 4.68 Å². The molecule has 0 radical (unpaired) electrons. The first kappa shape index (κ1) is 13.3. The van der Waals surface area contributed by atoms with E-state index in [1.165, 1.54) is 0 Å². The summed E-state index contributed by atoms with van der Waals surface area (Å²) in [5.41, 5.74) is 8.97. The SMILES string of the molecule is Cc1nn(-c2ccc(Br)cc2C(=N)N)c(C)c1Br. The number of hydrogen-bond donors (Lipinski definition) is 2. The van der Waals surface area contributed by atoms with E-state index in [9.17, 15) is 0 Å². The van der Waals surface area contributed by atoms with Gasteiger partial charge in [-0.05, 0) is 48.0 Å². The average molecular weight is 372 g/mol. The maximum absolute atomic E-state index is 7.66. The highest BCUT2D eigenvalue weighted by atomic mass is 79.9. The summed E-state index contributed by atoms with van der Waals surface area (Å²) in [6.07, 6.45) is 0. The van der Waals surface area contributed by atoms with Crippen molar-refractivity contribution in [3.63, 3.8) is 0 Å². The first-order valence-electron chi connectivity index (χ1n) is 5.28. The molecule has 0 aliphatic heterocycles. The molecule has 2 rings (SSSR count). The number of nitrogens with one attached hydrogen (secondary N) is 1. The zero-order chi connectivity index (χ0) is 13.4. The van der Waals surface area contributed by atoms with Gasteiger partial charge in [-0.2, -0.15) is 5.10 Å². The average Bonchev–Trinajstić information content (AvgIpc) is 2.57. The van der Waals surface area contributed by atoms with Gasteiger partial charge in [0.2, 0.25) is 0 Å². The Kier molecular flexibility index (Phi) is 3.59. The number of hydrogen-bond acceptors (Lipinski definition) is 2. The van der Waals surface area contributed by atoms with Crippen LogP contribution in [0.1, 0.15) is 17.0 Å². The molecule has 1 aromatic carbocycles. The van der Waals surface area contributed by atoms with Crippen LogP contribution in [0.5, 0.6) is 0 Å². The maximum atomic E-state index is 7.66. The molecule has 0 aliphatic carbocycles. The Morgan fingerprint density at radius 3 is 2.50 bits per heavy atom. The third-order valence-corrected chi connectivity index (χ3v) is 4.32. The quantitative estimate of drug-likeness (QED) is 0.628. The van der Waals surface area contributed by atoms with Crippen molar-refractivity contribution in [2.75, 3.05) is 0 Å². The topological polar surface area (TPSA) is 67.7 Å². The fourth-order valence-electron chi connectivity index (χ4n) is 1.77. The molecule has 0 aliphatic rings. The van der Waals surface area contributed by atoms with Crippen molar-refractivity contribution < 1.29 is 0 Å². The van der Waals surface area contributed by atoms with Crippen LogP contribution < -0.4 is 5.73 Å². The molecule has 1 aromatic heterocycles. The summed E-state index contributed by atoms with van der Waals surface area (Å²) in [6, 6.07) is 5.63. The molecule has 3 N–H and O–H groups in total. The Morgan fingerprint density at radius 1 is 1.33 bits per heavy atom. The summed E-state index contributed by atoms with van der Waals surface area (Å²) in [5, 5.41) is 12.1. The maximum Gasteiger partial charge on any atom is 0.125 e. The van der Waals surface area contributed by atoms with Crippen LogP contribution in [0.4, 0.5) is 0 Å². The van der Waals surface area contributed by atoms with Crippen molar-refractivity contribution in [3.05, 3.63) is 44.1 Å². The molecule has 0 saturated heterocycles. The normalized spacial score (nSPS) is 10.7. The lowest BCUT2D eigenvalue weighted by molar-refractivity contribution is 0.831. The van der Waals surface area contributed by atoms with E-state index >= 15 is 0 Å². The standard InChI is InChI=1S/C12H12Br2N4/c1-6-11(14)7(2)18(17-6)10-4-3-8(13)5-9(10)12(15)16/h3-5H,1-2H3,(H3,15,16). The van der Waals surface area contributed by atoms with Gasteiger partial charge in [-0.1, -0.05) is 15.9 Å². The zero-order valence-electron chi connectivity index (χ0n) is 9.96. The van der Waals surface area contributed by atoms with Crippen molar-refractivity contribution in [1.82, 2.24) is 9.78 Å². The number of amidine groups is 1. The lowest BCUT2D eigenvalue weighted by Crippen LogP contribution is -2.15. The van der Waals surface area contributed by atoms with Crippen LogP contribution in [0.2, 0.25) is 0 Å². The molecule has 2 aromatic rings. The first-order valence-corrected chi connectivity index (χ1v) is 6.86. The Hall–Kier alpha value is -1.14. The predicted octanol–water partition coefficient (Wildman–Crippen LogP) is 3.30. The monoisotopic (exact) mass is 370 g/mol. The van der Waals surface area contributed by atoms with Crippen LogP contribution in [0.3, 0.4) is 0 Å². The van der Waals surface area contributed by atoms with E-state index in [-0.39, 0.29) is 5.84 Å². The number of aromatic nitrogens is 2. The molecule has 94 valence electrons. The van der Waals surface area contributed by atoms with Crippen molar-refractivity contribution in [2.45, 2.75) is 13.8 Å². The van der Waals surface area contributed by atoms with Gasteiger partial charge in [0.15, 0.2) is 0 Å². The summed E-state index contributed by atoms with van der Waals surface area (Å²) < 4.78 is 3.65. The highest BCUT2D eigenvalue weighted by Crippen LogP contribution is 2.26. The van der Waals surface area contributed by atoms with Gasteiger partial charge < -0.3 is 5.73 Å². The molecule has 1 heterocycles. The summed E-state index contributed by atoms with van der Waals surface area (Å²) in [4.78, 5) is 0. The number of benzene rings is 1. The van der Waals surface area contributed by atoms with Crippen molar-refractivity contribution in [2.24, 2.45) is 5.73 Å². The van der Waals surface area contributed by atoms with E-state index in [1.807, 2.05) is 32.0 Å². The molecular weight excluding hydrogens is 360 g/mol. The lowest BCUT2D eigenvalue weighted by atomic mass is 10.1. The highest BCUT2D eigenvalue weighted by Gasteiger charge is 2.14. The second-order valence-corrected chi connectivity index (χ2v) is 5.68. The molecule has 0 fully saturated rings. The largest absolute Gasteiger partial charge is 0.384 e. The molecule has 0 unspecified atom stereocenters. The van der Waals surface area contributed by atoms with Gasteiger partial charge in [-0.3, -0.25) is 5.41 Å². The van der Waals surface area contributed by atoms with Crippen LogP contribution in [0, 0.1) is 19.3 Å². The van der Waals surface area contributed by atoms with E-state index in [0.29, 0.717) is 5.56 Å². The third-order valence-electron chi connectivity index (χ3n) is 2.68. The van der Waals surface area contributed by atoms with Gasteiger partial charge >= 0.3 is 0 Å². The summed E-state index contributed by atoms with van der Waals surface area (Å²) in [7, 11) is 0. The Bertz CT molecular complexity index is 631. The van der Waals surface area contributed by atoms with Gasteiger partial charge in [0.25, 0.3) is 0 Å². The number of nitrogen functional groups attached to an aromatic ring is 1. The van der Waals surface area contributed by atoms with Gasteiger partial charge in [0, 0.05) is 10.0 Å². The lowest BCUT2D eigenvalue weighted by Gasteiger charge is -2.10. The molecule has 6 heteroatoms. The molecule has 0 saturated carbocycles. The first-order chi connectivity index (χ1) is 8.41. The molecule has 0 bridgehead atoms. The molecular formula is C12H12Br2N4. The minimum absolute atomic E-state index is 0.0231. The van der Waals surface area contributed by atoms with Crippen LogP contribution in [0.25, 0.3) is 5.69 Å². The van der Waals surface area contributed by atoms with E-state index in [4.69, 9.17) is 11.1 Å². The second kappa shape index (κ2) is 4.85. The molecule has 0 amide bonds. The number of nitrogens with two attached hydrogens (primary N) is 1. The summed E-state index contributed by atoms with van der Waals surface area (Å²) in [5.74, 6) is 0.0231. The van der Waals surface area contributed by atoms with Crippen molar-refractivity contribution in [3.8, 4) is 5.69 Å². The fraction of sp³-hybridized carbons (Fsp3) is 0.167. The number of halogens is 2. The molecule has 0 spiro atoms. The summed E-state index contributed by atoms with van der Waals surface area (Å²) >= 11 is 6.88. The number of aryl methyl sites for hydroxylation is 1. The Balaban J connectivity index is 2.71. The van der Waals surface area contributed by atoms with E-state index in [1.54, 1.807) is 4.68 Å². The Labute approximate surface area is 122 Å².